The Morgan fingerprint density at radius 1 is 1.50 bits per heavy atom. The van der Waals surface area contributed by atoms with Gasteiger partial charge < -0.3 is 14.8 Å². The summed E-state index contributed by atoms with van der Waals surface area (Å²) in [5.74, 6) is -0.221. The average Bonchev–Trinajstić information content (AvgIpc) is 2.64. The molecule has 0 fully saturated rings. The number of hydrogen-bond donors (Lipinski definition) is 2. The van der Waals surface area contributed by atoms with E-state index in [1.807, 2.05) is 12.1 Å². The van der Waals surface area contributed by atoms with Crippen LogP contribution in [0, 0.1) is 6.92 Å². The molecule has 0 aliphatic heterocycles. The Bertz CT molecular complexity index is 577. The number of aromatic nitrogens is 1. The van der Waals surface area contributed by atoms with E-state index in [2.05, 4.69) is 20.9 Å². The number of halogens is 1. The molecule has 96 valence electrons. The van der Waals surface area contributed by atoms with Crippen molar-refractivity contribution in [2.75, 3.05) is 11.9 Å². The van der Waals surface area contributed by atoms with Crippen LogP contribution >= 0.6 is 15.9 Å². The topological polar surface area (TPSA) is 62.3 Å². The van der Waals surface area contributed by atoms with Crippen LogP contribution in [0.1, 0.15) is 22.5 Å². The van der Waals surface area contributed by atoms with Crippen molar-refractivity contribution in [2.24, 2.45) is 0 Å². The van der Waals surface area contributed by atoms with Crippen LogP contribution in [0.4, 0.5) is 0 Å². The summed E-state index contributed by atoms with van der Waals surface area (Å²) in [4.78, 5) is 14.3. The van der Waals surface area contributed by atoms with Crippen molar-refractivity contribution in [1.82, 2.24) is 4.98 Å². The Kier molecular flexibility index (Phi) is 3.91. The van der Waals surface area contributed by atoms with E-state index in [1.165, 1.54) is 0 Å². The lowest BCUT2D eigenvalue weighted by molar-refractivity contribution is 0.0698. The molecule has 0 aliphatic carbocycles. The van der Waals surface area contributed by atoms with Gasteiger partial charge in [0, 0.05) is 21.9 Å². The zero-order valence-electron chi connectivity index (χ0n) is 10.00. The van der Waals surface area contributed by atoms with E-state index < -0.39 is 5.97 Å². The molecule has 1 aromatic carbocycles. The van der Waals surface area contributed by atoms with Gasteiger partial charge in [-0.25, -0.2) is 4.79 Å². The van der Waals surface area contributed by atoms with E-state index >= 15 is 0 Å². The first-order valence-corrected chi connectivity index (χ1v) is 6.80. The molecular weight excluding hydrogens is 298 g/mol. The van der Waals surface area contributed by atoms with Gasteiger partial charge in [0.15, 0.2) is 0 Å². The number of ether oxygens (including phenoxy) is 1. The van der Waals surface area contributed by atoms with Crippen LogP contribution in [0.2, 0.25) is 0 Å². The maximum Gasteiger partial charge on any atom is 0.338 e. The van der Waals surface area contributed by atoms with Crippen molar-refractivity contribution < 1.29 is 14.6 Å². The van der Waals surface area contributed by atoms with Gasteiger partial charge in [-0.1, -0.05) is 15.9 Å². The van der Waals surface area contributed by atoms with Gasteiger partial charge in [0.25, 0.3) is 0 Å². The van der Waals surface area contributed by atoms with E-state index in [0.29, 0.717) is 29.0 Å². The van der Waals surface area contributed by atoms with Crippen molar-refractivity contribution in [3.05, 3.63) is 29.5 Å². The Balaban J connectivity index is 2.36. The molecule has 0 amide bonds. The molecule has 2 aromatic rings. The summed E-state index contributed by atoms with van der Waals surface area (Å²) >= 11 is 3.33. The number of hydrogen-bond acceptors (Lipinski definition) is 2. The third-order valence-corrected chi connectivity index (χ3v) is 3.28. The van der Waals surface area contributed by atoms with Crippen LogP contribution in [0.15, 0.2) is 18.2 Å². The number of H-pyrrole nitrogens is 1. The Labute approximate surface area is 113 Å². The summed E-state index contributed by atoms with van der Waals surface area (Å²) in [6.07, 6.45) is 0.913. The molecule has 2 N–H and O–H groups in total. The predicted molar refractivity (Wildman–Crippen MR) is 73.9 cm³/mol. The molecule has 0 unspecified atom stereocenters. The molecule has 0 aliphatic rings. The predicted octanol–water partition coefficient (Wildman–Crippen LogP) is 3.34. The van der Waals surface area contributed by atoms with Gasteiger partial charge in [-0.05, 0) is 31.5 Å². The minimum Gasteiger partial charge on any atom is -0.494 e. The molecule has 18 heavy (non-hydrogen) atoms. The van der Waals surface area contributed by atoms with Gasteiger partial charge in [-0.3, -0.25) is 0 Å². The van der Waals surface area contributed by atoms with Gasteiger partial charge in [-0.2, -0.15) is 0 Å². The largest absolute Gasteiger partial charge is 0.494 e. The second-order valence-corrected chi connectivity index (χ2v) is 4.82. The lowest BCUT2D eigenvalue weighted by Crippen LogP contribution is -1.99. The number of aromatic carboxylic acids is 1. The monoisotopic (exact) mass is 311 g/mol. The maximum atomic E-state index is 11.2. The maximum absolute atomic E-state index is 11.2. The molecule has 1 heterocycles. The standard InChI is InChI=1S/C13H14BrNO3/c1-8-12(13(16)17)10-7-9(18-6-2-5-14)3-4-11(10)15-8/h3-4,7,15H,2,5-6H2,1H3,(H,16,17). The molecule has 0 bridgehead atoms. The van der Waals surface area contributed by atoms with E-state index in [-0.39, 0.29) is 0 Å². The van der Waals surface area contributed by atoms with Crippen LogP contribution in [0.25, 0.3) is 10.9 Å². The number of nitrogens with one attached hydrogen (secondary N) is 1. The number of rotatable bonds is 5. The second kappa shape index (κ2) is 5.44. The van der Waals surface area contributed by atoms with E-state index in [4.69, 9.17) is 4.74 Å². The number of carboxylic acids is 1. The number of aryl methyl sites for hydroxylation is 1. The highest BCUT2D eigenvalue weighted by atomic mass is 79.9. The molecule has 1 aromatic heterocycles. The van der Waals surface area contributed by atoms with Crippen LogP contribution in [0.5, 0.6) is 5.75 Å². The van der Waals surface area contributed by atoms with E-state index in [0.717, 1.165) is 17.3 Å². The summed E-state index contributed by atoms with van der Waals surface area (Å²) in [5, 5.41) is 10.8. The van der Waals surface area contributed by atoms with Crippen LogP contribution in [0.3, 0.4) is 0 Å². The smallest absolute Gasteiger partial charge is 0.338 e. The quantitative estimate of drug-likeness (QED) is 0.657. The third kappa shape index (κ3) is 2.51. The van der Waals surface area contributed by atoms with Crippen molar-refractivity contribution in [3.8, 4) is 5.75 Å². The number of carboxylic acid groups (broad SMARTS) is 1. The number of fused-ring (bicyclic) bond motifs is 1. The van der Waals surface area contributed by atoms with E-state index in [9.17, 15) is 9.90 Å². The van der Waals surface area contributed by atoms with Crippen molar-refractivity contribution >= 4 is 32.8 Å². The fraction of sp³-hybridized carbons (Fsp3) is 0.308. The number of carbonyl (C=O) groups is 1. The normalized spacial score (nSPS) is 10.8. The van der Waals surface area contributed by atoms with Crippen molar-refractivity contribution in [3.63, 3.8) is 0 Å². The number of aromatic amines is 1. The molecule has 0 atom stereocenters. The molecule has 0 saturated carbocycles. The zero-order valence-corrected chi connectivity index (χ0v) is 11.6. The fourth-order valence-electron chi connectivity index (χ4n) is 1.92. The van der Waals surface area contributed by atoms with Crippen LogP contribution in [-0.2, 0) is 0 Å². The van der Waals surface area contributed by atoms with E-state index in [1.54, 1.807) is 13.0 Å². The molecule has 2 rings (SSSR count). The molecular formula is C13H14BrNO3. The van der Waals surface area contributed by atoms with Gasteiger partial charge in [0.1, 0.15) is 5.75 Å². The number of alkyl halides is 1. The summed E-state index contributed by atoms with van der Waals surface area (Å²) < 4.78 is 5.56. The zero-order chi connectivity index (χ0) is 13.1. The SMILES string of the molecule is Cc1[nH]c2ccc(OCCCBr)cc2c1C(=O)O. The Morgan fingerprint density at radius 2 is 2.28 bits per heavy atom. The number of benzene rings is 1. The lowest BCUT2D eigenvalue weighted by Gasteiger charge is -2.05. The molecule has 5 heteroatoms. The first-order valence-electron chi connectivity index (χ1n) is 5.68. The first kappa shape index (κ1) is 13.0. The first-order chi connectivity index (χ1) is 8.63. The summed E-state index contributed by atoms with van der Waals surface area (Å²) in [6.45, 7) is 2.37. The van der Waals surface area contributed by atoms with Crippen LogP contribution in [-0.4, -0.2) is 28.0 Å². The van der Waals surface area contributed by atoms with Crippen molar-refractivity contribution in [2.45, 2.75) is 13.3 Å². The summed E-state index contributed by atoms with van der Waals surface area (Å²) in [6, 6.07) is 5.47. The molecule has 4 nitrogen and oxygen atoms in total. The second-order valence-electron chi connectivity index (χ2n) is 4.03. The van der Waals surface area contributed by atoms with Gasteiger partial charge >= 0.3 is 5.97 Å². The summed E-state index contributed by atoms with van der Waals surface area (Å²) in [7, 11) is 0. The van der Waals surface area contributed by atoms with Crippen LogP contribution < -0.4 is 4.74 Å². The highest BCUT2D eigenvalue weighted by molar-refractivity contribution is 9.09. The van der Waals surface area contributed by atoms with Gasteiger partial charge in [0.2, 0.25) is 0 Å². The van der Waals surface area contributed by atoms with Gasteiger partial charge in [0.05, 0.1) is 12.2 Å². The molecule has 0 spiro atoms. The fourth-order valence-corrected chi connectivity index (χ4v) is 2.14. The Hall–Kier alpha value is -1.49. The minimum atomic E-state index is -0.920. The van der Waals surface area contributed by atoms with Gasteiger partial charge in [-0.15, -0.1) is 0 Å². The summed E-state index contributed by atoms with van der Waals surface area (Å²) in [5.41, 5.74) is 1.80. The van der Waals surface area contributed by atoms with Crippen molar-refractivity contribution in [1.29, 1.82) is 0 Å². The minimum absolute atomic E-state index is 0.316. The lowest BCUT2D eigenvalue weighted by atomic mass is 10.1. The highest BCUT2D eigenvalue weighted by Gasteiger charge is 2.15. The molecule has 0 saturated heterocycles. The average molecular weight is 312 g/mol. The third-order valence-electron chi connectivity index (χ3n) is 2.72. The highest BCUT2D eigenvalue weighted by Crippen LogP contribution is 2.26. The Morgan fingerprint density at radius 3 is 2.94 bits per heavy atom. The molecule has 0 radical (unpaired) electrons.